The molecule has 1 N–H and O–H groups in total. The average molecular weight is 405 g/mol. The number of nitrogens with zero attached hydrogens (tertiary/aromatic N) is 2. The predicted octanol–water partition coefficient (Wildman–Crippen LogP) is 3.92. The molecule has 1 spiro atoms. The first-order valence-electron chi connectivity index (χ1n) is 9.28. The standard InChI is InChI=1S/C20H21F2N3O2S/c1-11-17(28-12(2)23-11)19(27)25-7-5-20(6-8-25)10-14(20)18(26)24-13-3-4-15(21)16(22)9-13/h3-4,9,14H,5-8,10H2,1-2H3,(H,24,26)/t14-/m0/s1. The maximum Gasteiger partial charge on any atom is 0.265 e. The van der Waals surface area contributed by atoms with Crippen molar-refractivity contribution in [2.24, 2.45) is 11.3 Å². The Morgan fingerprint density at radius 3 is 2.54 bits per heavy atom. The van der Waals surface area contributed by atoms with Gasteiger partial charge in [0.2, 0.25) is 5.91 Å². The number of carbonyl (C=O) groups excluding carboxylic acids is 2. The third-order valence-corrected chi connectivity index (χ3v) is 6.90. The summed E-state index contributed by atoms with van der Waals surface area (Å²) in [5.41, 5.74) is 0.940. The second kappa shape index (κ2) is 6.92. The zero-order valence-corrected chi connectivity index (χ0v) is 16.5. The Bertz CT molecular complexity index is 951. The fraction of sp³-hybridized carbons (Fsp3) is 0.450. The van der Waals surface area contributed by atoms with E-state index in [2.05, 4.69) is 10.3 Å². The van der Waals surface area contributed by atoms with Gasteiger partial charge in [-0.1, -0.05) is 0 Å². The topological polar surface area (TPSA) is 62.3 Å². The number of hydrogen-bond acceptors (Lipinski definition) is 4. The molecule has 0 unspecified atom stereocenters. The Balaban J connectivity index is 1.35. The number of aryl methyl sites for hydroxylation is 2. The van der Waals surface area contributed by atoms with Crippen molar-refractivity contribution in [2.45, 2.75) is 33.1 Å². The molecule has 1 aliphatic heterocycles. The molecule has 0 bridgehead atoms. The number of benzene rings is 1. The molecule has 2 heterocycles. The van der Waals surface area contributed by atoms with E-state index >= 15 is 0 Å². The van der Waals surface area contributed by atoms with Crippen molar-refractivity contribution in [1.82, 2.24) is 9.88 Å². The van der Waals surface area contributed by atoms with Gasteiger partial charge in [0, 0.05) is 30.8 Å². The van der Waals surface area contributed by atoms with Crippen LogP contribution in [0.4, 0.5) is 14.5 Å². The van der Waals surface area contributed by atoms with Crippen molar-refractivity contribution in [2.75, 3.05) is 18.4 Å². The van der Waals surface area contributed by atoms with Crippen LogP contribution in [0.3, 0.4) is 0 Å². The lowest BCUT2D eigenvalue weighted by Crippen LogP contribution is -2.40. The number of halogens is 2. The first-order chi connectivity index (χ1) is 13.3. The first-order valence-corrected chi connectivity index (χ1v) is 10.1. The monoisotopic (exact) mass is 405 g/mol. The SMILES string of the molecule is Cc1nc(C)c(C(=O)N2CCC3(CC2)C[C@H]3C(=O)Nc2ccc(F)c(F)c2)s1. The Labute approximate surface area is 165 Å². The molecule has 8 heteroatoms. The molecule has 5 nitrogen and oxygen atoms in total. The summed E-state index contributed by atoms with van der Waals surface area (Å²) in [4.78, 5) is 32.1. The van der Waals surface area contributed by atoms with E-state index < -0.39 is 11.6 Å². The van der Waals surface area contributed by atoms with Crippen LogP contribution in [0.1, 0.15) is 39.6 Å². The summed E-state index contributed by atoms with van der Waals surface area (Å²) in [5.74, 6) is -2.22. The first kappa shape index (κ1) is 19.0. The van der Waals surface area contributed by atoms with E-state index in [9.17, 15) is 18.4 Å². The van der Waals surface area contributed by atoms with Gasteiger partial charge in [0.1, 0.15) is 4.88 Å². The van der Waals surface area contributed by atoms with E-state index in [-0.39, 0.29) is 28.8 Å². The summed E-state index contributed by atoms with van der Waals surface area (Å²) >= 11 is 1.42. The van der Waals surface area contributed by atoms with Gasteiger partial charge in [-0.3, -0.25) is 9.59 Å². The molecule has 2 aromatic rings. The maximum atomic E-state index is 13.3. The zero-order chi connectivity index (χ0) is 20.1. The molecule has 4 rings (SSSR count). The molecule has 1 aliphatic carbocycles. The van der Waals surface area contributed by atoms with Crippen LogP contribution in [0.5, 0.6) is 0 Å². The molecule has 2 amide bonds. The van der Waals surface area contributed by atoms with Gasteiger partial charge in [-0.05, 0) is 50.7 Å². The third-order valence-electron chi connectivity index (χ3n) is 5.84. The van der Waals surface area contributed by atoms with Gasteiger partial charge in [-0.25, -0.2) is 13.8 Å². The Kier molecular flexibility index (Phi) is 4.69. The number of anilines is 1. The van der Waals surface area contributed by atoms with Gasteiger partial charge in [-0.2, -0.15) is 0 Å². The van der Waals surface area contributed by atoms with Gasteiger partial charge in [0.05, 0.1) is 10.7 Å². The van der Waals surface area contributed by atoms with Crippen LogP contribution in [0.2, 0.25) is 0 Å². The predicted molar refractivity (Wildman–Crippen MR) is 102 cm³/mol. The number of thiazole rings is 1. The second-order valence-electron chi connectivity index (χ2n) is 7.68. The smallest absolute Gasteiger partial charge is 0.265 e. The van der Waals surface area contributed by atoms with Crippen molar-refractivity contribution in [3.63, 3.8) is 0 Å². The van der Waals surface area contributed by atoms with Crippen LogP contribution in [0.15, 0.2) is 18.2 Å². The highest BCUT2D eigenvalue weighted by molar-refractivity contribution is 7.13. The Morgan fingerprint density at radius 1 is 1.21 bits per heavy atom. The number of likely N-dealkylation sites (tertiary alicyclic amines) is 1. The third kappa shape index (κ3) is 3.41. The van der Waals surface area contributed by atoms with Crippen LogP contribution in [-0.4, -0.2) is 34.8 Å². The van der Waals surface area contributed by atoms with Gasteiger partial charge >= 0.3 is 0 Å². The van der Waals surface area contributed by atoms with Gasteiger partial charge in [-0.15, -0.1) is 11.3 Å². The molecule has 1 atom stereocenters. The summed E-state index contributed by atoms with van der Waals surface area (Å²) in [6, 6.07) is 3.34. The van der Waals surface area contributed by atoms with E-state index in [0.29, 0.717) is 18.0 Å². The summed E-state index contributed by atoms with van der Waals surface area (Å²) in [6.45, 7) is 4.97. The minimum absolute atomic E-state index is 0.0152. The van der Waals surface area contributed by atoms with Crippen LogP contribution < -0.4 is 5.32 Å². The van der Waals surface area contributed by atoms with Crippen LogP contribution >= 0.6 is 11.3 Å². The van der Waals surface area contributed by atoms with E-state index in [1.54, 1.807) is 0 Å². The second-order valence-corrected chi connectivity index (χ2v) is 8.88. The minimum Gasteiger partial charge on any atom is -0.338 e. The van der Waals surface area contributed by atoms with E-state index in [4.69, 9.17) is 0 Å². The van der Waals surface area contributed by atoms with E-state index in [0.717, 1.165) is 42.1 Å². The lowest BCUT2D eigenvalue weighted by atomic mass is 9.90. The maximum absolute atomic E-state index is 13.3. The lowest BCUT2D eigenvalue weighted by molar-refractivity contribution is -0.118. The summed E-state index contributed by atoms with van der Waals surface area (Å²) < 4.78 is 26.3. The van der Waals surface area contributed by atoms with E-state index in [1.165, 1.54) is 17.4 Å². The normalized spacial score (nSPS) is 20.3. The molecule has 1 saturated heterocycles. The average Bonchev–Trinajstić information content (AvgIpc) is 3.25. The summed E-state index contributed by atoms with van der Waals surface area (Å²) in [6.07, 6.45) is 2.31. The van der Waals surface area contributed by atoms with Gasteiger partial charge in [0.15, 0.2) is 11.6 Å². The molecule has 28 heavy (non-hydrogen) atoms. The molecule has 1 aromatic heterocycles. The summed E-state index contributed by atoms with van der Waals surface area (Å²) in [5, 5.41) is 3.56. The number of rotatable bonds is 3. The molecular weight excluding hydrogens is 384 g/mol. The van der Waals surface area contributed by atoms with E-state index in [1.807, 2.05) is 18.7 Å². The number of hydrogen-bond donors (Lipinski definition) is 1. The van der Waals surface area contributed by atoms with Crippen molar-refractivity contribution < 1.29 is 18.4 Å². The molecule has 1 aromatic carbocycles. The summed E-state index contributed by atoms with van der Waals surface area (Å²) in [7, 11) is 0. The van der Waals surface area contributed by atoms with Crippen molar-refractivity contribution in [1.29, 1.82) is 0 Å². The van der Waals surface area contributed by atoms with Gasteiger partial charge < -0.3 is 10.2 Å². The number of aromatic nitrogens is 1. The van der Waals surface area contributed by atoms with Crippen LogP contribution in [-0.2, 0) is 4.79 Å². The fourth-order valence-electron chi connectivity index (χ4n) is 4.10. The minimum atomic E-state index is -0.983. The Hall–Kier alpha value is -2.35. The van der Waals surface area contributed by atoms with Crippen molar-refractivity contribution >= 4 is 28.8 Å². The highest BCUT2D eigenvalue weighted by Gasteiger charge is 2.58. The molecule has 2 fully saturated rings. The molecule has 0 radical (unpaired) electrons. The molecule has 1 saturated carbocycles. The molecule has 148 valence electrons. The number of amides is 2. The van der Waals surface area contributed by atoms with Crippen LogP contribution in [0.25, 0.3) is 0 Å². The number of carbonyl (C=O) groups is 2. The zero-order valence-electron chi connectivity index (χ0n) is 15.7. The van der Waals surface area contributed by atoms with Crippen molar-refractivity contribution in [3.8, 4) is 0 Å². The highest BCUT2D eigenvalue weighted by Crippen LogP contribution is 2.59. The molecule has 2 aliphatic rings. The van der Waals surface area contributed by atoms with Gasteiger partial charge in [0.25, 0.3) is 5.91 Å². The molecular formula is C20H21F2N3O2S. The number of piperidine rings is 1. The highest BCUT2D eigenvalue weighted by atomic mass is 32.1. The van der Waals surface area contributed by atoms with Crippen LogP contribution in [0, 0.1) is 36.8 Å². The largest absolute Gasteiger partial charge is 0.338 e. The fourth-order valence-corrected chi connectivity index (χ4v) is 4.99. The number of nitrogens with one attached hydrogen (secondary N) is 1. The Morgan fingerprint density at radius 2 is 1.93 bits per heavy atom. The lowest BCUT2D eigenvalue weighted by Gasteiger charge is -2.32. The van der Waals surface area contributed by atoms with Crippen molar-refractivity contribution in [3.05, 3.63) is 45.4 Å². The quantitative estimate of drug-likeness (QED) is 0.842.